The molecule has 2 aromatic rings. The van der Waals surface area contributed by atoms with E-state index in [9.17, 15) is 0 Å². The van der Waals surface area contributed by atoms with Gasteiger partial charge in [0, 0.05) is 29.3 Å². The van der Waals surface area contributed by atoms with Crippen LogP contribution in [0.15, 0.2) is 42.2 Å². The van der Waals surface area contributed by atoms with E-state index < -0.39 is 0 Å². The average Bonchev–Trinajstić information content (AvgIpc) is 2.80. The van der Waals surface area contributed by atoms with Crippen LogP contribution < -0.4 is 5.32 Å². The van der Waals surface area contributed by atoms with E-state index in [1.54, 1.807) is 0 Å². The van der Waals surface area contributed by atoms with Gasteiger partial charge in [-0.1, -0.05) is 18.2 Å². The van der Waals surface area contributed by atoms with Crippen LogP contribution in [0.4, 0.5) is 0 Å². The van der Waals surface area contributed by atoms with Gasteiger partial charge in [0.05, 0.1) is 5.54 Å². The quantitative estimate of drug-likeness (QED) is 0.849. The fourth-order valence-electron chi connectivity index (χ4n) is 2.99. The summed E-state index contributed by atoms with van der Waals surface area (Å²) in [6.07, 6.45) is 5.31. The van der Waals surface area contributed by atoms with E-state index in [2.05, 4.69) is 72.5 Å². The van der Waals surface area contributed by atoms with Gasteiger partial charge >= 0.3 is 0 Å². The van der Waals surface area contributed by atoms with Gasteiger partial charge in [-0.15, -0.1) is 0 Å². The second kappa shape index (κ2) is 5.19. The number of aromatic nitrogens is 1. The summed E-state index contributed by atoms with van der Waals surface area (Å²) < 4.78 is 0. The Bertz CT molecular complexity index is 712. The van der Waals surface area contributed by atoms with Gasteiger partial charge in [0.15, 0.2) is 5.11 Å². The van der Waals surface area contributed by atoms with Gasteiger partial charge in [0.2, 0.25) is 0 Å². The first-order valence-electron chi connectivity index (χ1n) is 7.30. The van der Waals surface area contributed by atoms with Crippen LogP contribution in [0.1, 0.15) is 26.3 Å². The standard InChI is InChI=1S/C17H21N3S/c1-12-10-17(2,3)19-16(21)20(12)9-8-13-11-18-15-7-5-4-6-14(13)15/h4-7,10-11,18H,8-9H2,1-3H3,(H,19,21). The Labute approximate surface area is 131 Å². The summed E-state index contributed by atoms with van der Waals surface area (Å²) in [5.74, 6) is 0. The van der Waals surface area contributed by atoms with E-state index in [4.69, 9.17) is 12.2 Å². The zero-order valence-electron chi connectivity index (χ0n) is 12.7. The fraction of sp³-hybridized carbons (Fsp3) is 0.353. The van der Waals surface area contributed by atoms with E-state index in [0.29, 0.717) is 0 Å². The molecule has 2 N–H and O–H groups in total. The number of para-hydroxylation sites is 1. The normalized spacial score (nSPS) is 17.8. The molecule has 2 heterocycles. The highest BCUT2D eigenvalue weighted by Gasteiger charge is 2.26. The van der Waals surface area contributed by atoms with Crippen LogP contribution in [-0.4, -0.2) is 27.1 Å². The zero-order valence-corrected chi connectivity index (χ0v) is 13.6. The molecule has 0 atom stereocenters. The van der Waals surface area contributed by atoms with E-state index in [1.807, 2.05) is 0 Å². The number of aromatic amines is 1. The molecule has 3 nitrogen and oxygen atoms in total. The van der Waals surface area contributed by atoms with E-state index >= 15 is 0 Å². The minimum atomic E-state index is -0.0571. The lowest BCUT2D eigenvalue weighted by Gasteiger charge is -2.38. The highest BCUT2D eigenvalue weighted by Crippen LogP contribution is 2.22. The molecule has 0 saturated heterocycles. The Balaban J connectivity index is 1.77. The summed E-state index contributed by atoms with van der Waals surface area (Å²) in [5, 5.41) is 5.50. The van der Waals surface area contributed by atoms with Gasteiger partial charge in [-0.25, -0.2) is 0 Å². The summed E-state index contributed by atoms with van der Waals surface area (Å²) in [4.78, 5) is 5.51. The summed E-state index contributed by atoms with van der Waals surface area (Å²) in [6.45, 7) is 7.30. The number of hydrogen-bond donors (Lipinski definition) is 2. The number of thiocarbonyl (C=S) groups is 1. The van der Waals surface area contributed by atoms with Crippen molar-refractivity contribution >= 4 is 28.2 Å². The minimum Gasteiger partial charge on any atom is -0.361 e. The largest absolute Gasteiger partial charge is 0.361 e. The molecule has 1 aromatic carbocycles. The van der Waals surface area contributed by atoms with Crippen molar-refractivity contribution in [2.24, 2.45) is 0 Å². The van der Waals surface area contributed by atoms with Crippen molar-refractivity contribution < 1.29 is 0 Å². The molecule has 110 valence electrons. The van der Waals surface area contributed by atoms with Crippen LogP contribution >= 0.6 is 12.2 Å². The molecule has 0 unspecified atom stereocenters. The van der Waals surface area contributed by atoms with Gasteiger partial charge < -0.3 is 15.2 Å². The number of nitrogens with zero attached hydrogens (tertiary/aromatic N) is 1. The van der Waals surface area contributed by atoms with Crippen molar-refractivity contribution in [3.63, 3.8) is 0 Å². The maximum atomic E-state index is 5.51. The predicted octanol–water partition coefficient (Wildman–Crippen LogP) is 3.58. The Morgan fingerprint density at radius 1 is 1.24 bits per heavy atom. The van der Waals surface area contributed by atoms with Crippen LogP contribution in [0.5, 0.6) is 0 Å². The summed E-state index contributed by atoms with van der Waals surface area (Å²) in [6, 6.07) is 8.42. The molecule has 0 spiro atoms. The SMILES string of the molecule is CC1=CC(C)(C)NC(=S)N1CCc1c[nH]c2ccccc12. The first-order chi connectivity index (χ1) is 9.96. The van der Waals surface area contributed by atoms with E-state index in [1.165, 1.54) is 22.2 Å². The number of allylic oxidation sites excluding steroid dienone is 1. The van der Waals surface area contributed by atoms with Crippen LogP contribution in [0.3, 0.4) is 0 Å². The number of fused-ring (bicyclic) bond motifs is 1. The van der Waals surface area contributed by atoms with Crippen molar-refractivity contribution in [2.45, 2.75) is 32.7 Å². The van der Waals surface area contributed by atoms with Crippen LogP contribution in [0.25, 0.3) is 10.9 Å². The lowest BCUT2D eigenvalue weighted by atomic mass is 10.0. The number of hydrogen-bond acceptors (Lipinski definition) is 1. The van der Waals surface area contributed by atoms with E-state index in [-0.39, 0.29) is 5.54 Å². The number of rotatable bonds is 3. The molecule has 0 saturated carbocycles. The molecular formula is C17H21N3S. The predicted molar refractivity (Wildman–Crippen MR) is 92.3 cm³/mol. The third-order valence-corrected chi connectivity index (χ3v) is 4.27. The maximum absolute atomic E-state index is 5.51. The molecule has 4 heteroatoms. The number of H-pyrrole nitrogens is 1. The van der Waals surface area contributed by atoms with Crippen molar-refractivity contribution in [1.29, 1.82) is 0 Å². The smallest absolute Gasteiger partial charge is 0.173 e. The molecular weight excluding hydrogens is 278 g/mol. The highest BCUT2D eigenvalue weighted by molar-refractivity contribution is 7.80. The second-order valence-electron chi connectivity index (χ2n) is 6.20. The maximum Gasteiger partial charge on any atom is 0.173 e. The highest BCUT2D eigenvalue weighted by atomic mass is 32.1. The van der Waals surface area contributed by atoms with Crippen LogP contribution in [0.2, 0.25) is 0 Å². The minimum absolute atomic E-state index is 0.0571. The van der Waals surface area contributed by atoms with Crippen LogP contribution in [-0.2, 0) is 6.42 Å². The number of nitrogens with one attached hydrogen (secondary N) is 2. The van der Waals surface area contributed by atoms with Gasteiger partial charge in [0.25, 0.3) is 0 Å². The van der Waals surface area contributed by atoms with Crippen molar-refractivity contribution in [3.05, 3.63) is 47.8 Å². The van der Waals surface area contributed by atoms with Crippen molar-refractivity contribution in [1.82, 2.24) is 15.2 Å². The van der Waals surface area contributed by atoms with Crippen molar-refractivity contribution in [3.8, 4) is 0 Å². The molecule has 0 aliphatic carbocycles. The van der Waals surface area contributed by atoms with Gasteiger partial charge in [-0.05, 0) is 57.1 Å². The van der Waals surface area contributed by atoms with Crippen molar-refractivity contribution in [2.75, 3.05) is 6.54 Å². The summed E-state index contributed by atoms with van der Waals surface area (Å²) in [5.41, 5.74) is 3.70. The van der Waals surface area contributed by atoms with Gasteiger partial charge in [-0.2, -0.15) is 0 Å². The second-order valence-corrected chi connectivity index (χ2v) is 6.59. The number of benzene rings is 1. The Morgan fingerprint density at radius 3 is 2.76 bits per heavy atom. The average molecular weight is 299 g/mol. The monoisotopic (exact) mass is 299 g/mol. The summed E-state index contributed by atoms with van der Waals surface area (Å²) >= 11 is 5.51. The molecule has 21 heavy (non-hydrogen) atoms. The lowest BCUT2D eigenvalue weighted by Crippen LogP contribution is -2.53. The first kappa shape index (κ1) is 14.1. The van der Waals surface area contributed by atoms with Crippen LogP contribution in [0, 0.1) is 0 Å². The molecule has 0 radical (unpaired) electrons. The molecule has 0 fully saturated rings. The third-order valence-electron chi connectivity index (χ3n) is 3.95. The molecule has 0 bridgehead atoms. The topological polar surface area (TPSA) is 31.1 Å². The Kier molecular flexibility index (Phi) is 3.49. The molecule has 1 aliphatic heterocycles. The molecule has 0 amide bonds. The lowest BCUT2D eigenvalue weighted by molar-refractivity contribution is 0.429. The molecule has 1 aromatic heterocycles. The fourth-order valence-corrected chi connectivity index (χ4v) is 3.49. The first-order valence-corrected chi connectivity index (χ1v) is 7.71. The Morgan fingerprint density at radius 2 is 2.00 bits per heavy atom. The van der Waals surface area contributed by atoms with Gasteiger partial charge in [-0.3, -0.25) is 0 Å². The zero-order chi connectivity index (χ0) is 15.0. The molecule has 1 aliphatic rings. The molecule has 3 rings (SSSR count). The summed E-state index contributed by atoms with van der Waals surface area (Å²) in [7, 11) is 0. The van der Waals surface area contributed by atoms with Gasteiger partial charge in [0.1, 0.15) is 0 Å². The Hall–Kier alpha value is -1.81. The third kappa shape index (κ3) is 2.81. The van der Waals surface area contributed by atoms with E-state index in [0.717, 1.165) is 18.1 Å².